The van der Waals surface area contributed by atoms with Gasteiger partial charge in [-0.05, 0) is 25.7 Å². The van der Waals surface area contributed by atoms with Crippen LogP contribution in [0.3, 0.4) is 0 Å². The van der Waals surface area contributed by atoms with Gasteiger partial charge < -0.3 is 5.11 Å². The predicted octanol–water partition coefficient (Wildman–Crippen LogP) is 2.51. The first-order chi connectivity index (χ1) is 5.27. The molecule has 2 radical (unpaired) electrons. The van der Waals surface area contributed by atoms with E-state index in [2.05, 4.69) is 13.3 Å². The largest absolute Gasteiger partial charge is 0.481 e. The molecule has 0 atom stereocenters. The van der Waals surface area contributed by atoms with E-state index in [1.807, 2.05) is 0 Å². The Bertz CT molecular complexity index is 99.7. The first kappa shape index (κ1) is 10.5. The standard InChI is InChI=1S/C9H16O2/c1-2-3-4-5-6-7-8-9(10)11/h2-3,5-8H2,1H3,(H,10,11). The van der Waals surface area contributed by atoms with Crippen LogP contribution < -0.4 is 0 Å². The van der Waals surface area contributed by atoms with Gasteiger partial charge in [0.1, 0.15) is 0 Å². The Morgan fingerprint density at radius 2 is 2.09 bits per heavy atom. The maximum absolute atomic E-state index is 10.1. The van der Waals surface area contributed by atoms with Gasteiger partial charge in [0, 0.05) is 6.42 Å². The molecule has 0 heterocycles. The molecule has 0 spiro atoms. The van der Waals surface area contributed by atoms with Gasteiger partial charge in [-0.25, -0.2) is 0 Å². The molecule has 2 heteroatoms. The van der Waals surface area contributed by atoms with Gasteiger partial charge >= 0.3 is 5.97 Å². The Kier molecular flexibility index (Phi) is 7.21. The van der Waals surface area contributed by atoms with Crippen molar-refractivity contribution in [3.05, 3.63) is 6.42 Å². The van der Waals surface area contributed by atoms with Crippen LogP contribution in [0.1, 0.15) is 45.4 Å². The van der Waals surface area contributed by atoms with Crippen molar-refractivity contribution in [2.75, 3.05) is 0 Å². The Morgan fingerprint density at radius 3 is 2.64 bits per heavy atom. The van der Waals surface area contributed by atoms with Crippen molar-refractivity contribution in [1.29, 1.82) is 0 Å². The monoisotopic (exact) mass is 156 g/mol. The lowest BCUT2D eigenvalue weighted by molar-refractivity contribution is -0.137. The summed E-state index contributed by atoms with van der Waals surface area (Å²) in [7, 11) is 0. The zero-order chi connectivity index (χ0) is 8.53. The molecule has 0 aromatic rings. The van der Waals surface area contributed by atoms with Crippen LogP contribution >= 0.6 is 0 Å². The minimum absolute atomic E-state index is 0.299. The highest BCUT2D eigenvalue weighted by Crippen LogP contribution is 2.05. The number of unbranched alkanes of at least 4 members (excludes halogenated alkanes) is 5. The zero-order valence-corrected chi connectivity index (χ0v) is 7.10. The van der Waals surface area contributed by atoms with Crippen LogP contribution in [0, 0.1) is 6.42 Å². The summed E-state index contributed by atoms with van der Waals surface area (Å²) in [4.78, 5) is 10.1. The second-order valence-electron chi connectivity index (χ2n) is 2.60. The number of hydrogen-bond acceptors (Lipinski definition) is 1. The Labute approximate surface area is 68.6 Å². The Morgan fingerprint density at radius 1 is 1.36 bits per heavy atom. The van der Waals surface area contributed by atoms with E-state index < -0.39 is 5.97 Å². The summed E-state index contributed by atoms with van der Waals surface area (Å²) in [6.45, 7) is 2.12. The smallest absolute Gasteiger partial charge is 0.303 e. The van der Waals surface area contributed by atoms with Crippen LogP contribution in [0.2, 0.25) is 0 Å². The van der Waals surface area contributed by atoms with Gasteiger partial charge in [-0.3, -0.25) is 4.79 Å². The molecule has 64 valence electrons. The highest BCUT2D eigenvalue weighted by molar-refractivity contribution is 5.66. The quantitative estimate of drug-likeness (QED) is 0.575. The topological polar surface area (TPSA) is 37.3 Å². The first-order valence-corrected chi connectivity index (χ1v) is 4.20. The molecular weight excluding hydrogens is 140 g/mol. The van der Waals surface area contributed by atoms with Gasteiger partial charge in [0.25, 0.3) is 0 Å². The maximum Gasteiger partial charge on any atom is 0.303 e. The van der Waals surface area contributed by atoms with Crippen molar-refractivity contribution < 1.29 is 9.90 Å². The lowest BCUT2D eigenvalue weighted by Gasteiger charge is -1.96. The molecule has 0 aliphatic rings. The first-order valence-electron chi connectivity index (χ1n) is 4.20. The third kappa shape index (κ3) is 9.47. The third-order valence-electron chi connectivity index (χ3n) is 1.42. The van der Waals surface area contributed by atoms with E-state index >= 15 is 0 Å². The molecule has 0 saturated heterocycles. The SMILES string of the molecule is CCC[C]CCCCC(=O)O. The summed E-state index contributed by atoms with van der Waals surface area (Å²) >= 11 is 0. The molecule has 0 aromatic carbocycles. The Hall–Kier alpha value is -0.530. The fraction of sp³-hybridized carbons (Fsp3) is 0.778. The highest BCUT2D eigenvalue weighted by Gasteiger charge is 1.95. The minimum atomic E-state index is -0.694. The number of hydrogen-bond donors (Lipinski definition) is 1. The number of carbonyl (C=O) groups is 1. The number of carboxylic acids is 1. The van der Waals surface area contributed by atoms with Gasteiger partial charge in [0.15, 0.2) is 0 Å². The van der Waals surface area contributed by atoms with E-state index in [0.29, 0.717) is 6.42 Å². The summed E-state index contributed by atoms with van der Waals surface area (Å²) in [6, 6.07) is 0. The summed E-state index contributed by atoms with van der Waals surface area (Å²) in [6.07, 6.45) is 8.38. The average Bonchev–Trinajstić information content (AvgIpc) is 1.96. The molecule has 0 amide bonds. The molecule has 11 heavy (non-hydrogen) atoms. The van der Waals surface area contributed by atoms with Gasteiger partial charge in [-0.2, -0.15) is 0 Å². The maximum atomic E-state index is 10.1. The van der Waals surface area contributed by atoms with Gasteiger partial charge in [-0.15, -0.1) is 0 Å². The molecule has 0 aliphatic carbocycles. The summed E-state index contributed by atoms with van der Waals surface area (Å²) in [5.41, 5.74) is 0. The normalized spacial score (nSPS) is 9.91. The molecular formula is C9H16O2. The number of aliphatic carboxylic acids is 1. The van der Waals surface area contributed by atoms with Crippen molar-refractivity contribution >= 4 is 5.97 Å². The lowest BCUT2D eigenvalue weighted by atomic mass is 10.1. The number of carboxylic acid groups (broad SMARTS) is 1. The van der Waals surface area contributed by atoms with Gasteiger partial charge in [0.2, 0.25) is 0 Å². The molecule has 0 fully saturated rings. The minimum Gasteiger partial charge on any atom is -0.481 e. The van der Waals surface area contributed by atoms with Crippen LogP contribution in [0.4, 0.5) is 0 Å². The predicted molar refractivity (Wildman–Crippen MR) is 44.3 cm³/mol. The zero-order valence-electron chi connectivity index (χ0n) is 7.10. The van der Waals surface area contributed by atoms with Crippen molar-refractivity contribution in [1.82, 2.24) is 0 Å². The molecule has 0 saturated carbocycles. The van der Waals surface area contributed by atoms with E-state index in [9.17, 15) is 4.79 Å². The van der Waals surface area contributed by atoms with E-state index in [4.69, 9.17) is 5.11 Å². The molecule has 0 bridgehead atoms. The van der Waals surface area contributed by atoms with Crippen LogP contribution in [0.25, 0.3) is 0 Å². The average molecular weight is 156 g/mol. The summed E-state index contributed by atoms with van der Waals surface area (Å²) < 4.78 is 0. The third-order valence-corrected chi connectivity index (χ3v) is 1.42. The van der Waals surface area contributed by atoms with E-state index in [-0.39, 0.29) is 0 Å². The highest BCUT2D eigenvalue weighted by atomic mass is 16.4. The van der Waals surface area contributed by atoms with E-state index in [1.165, 1.54) is 0 Å². The molecule has 0 aromatic heterocycles. The van der Waals surface area contributed by atoms with Crippen molar-refractivity contribution in [2.45, 2.75) is 45.4 Å². The molecule has 1 N–H and O–H groups in total. The van der Waals surface area contributed by atoms with Crippen LogP contribution in [-0.2, 0) is 4.79 Å². The molecule has 0 unspecified atom stereocenters. The number of rotatable bonds is 7. The molecule has 2 nitrogen and oxygen atoms in total. The van der Waals surface area contributed by atoms with E-state index in [0.717, 1.165) is 32.1 Å². The van der Waals surface area contributed by atoms with Crippen molar-refractivity contribution in [3.8, 4) is 0 Å². The van der Waals surface area contributed by atoms with Crippen LogP contribution in [0.5, 0.6) is 0 Å². The fourth-order valence-corrected chi connectivity index (χ4v) is 0.828. The molecule has 0 rings (SSSR count). The van der Waals surface area contributed by atoms with Crippen molar-refractivity contribution in [3.63, 3.8) is 0 Å². The lowest BCUT2D eigenvalue weighted by Crippen LogP contribution is -1.93. The Balaban J connectivity index is 2.85. The second kappa shape index (κ2) is 7.58. The van der Waals surface area contributed by atoms with Gasteiger partial charge in [-0.1, -0.05) is 19.8 Å². The van der Waals surface area contributed by atoms with E-state index in [1.54, 1.807) is 0 Å². The molecule has 0 aliphatic heterocycles. The fourth-order valence-electron chi connectivity index (χ4n) is 0.828. The van der Waals surface area contributed by atoms with Crippen molar-refractivity contribution in [2.24, 2.45) is 0 Å². The van der Waals surface area contributed by atoms with Crippen LogP contribution in [0.15, 0.2) is 0 Å². The summed E-state index contributed by atoms with van der Waals surface area (Å²) in [5, 5.41) is 8.30. The summed E-state index contributed by atoms with van der Waals surface area (Å²) in [5.74, 6) is -0.694. The van der Waals surface area contributed by atoms with Crippen LogP contribution in [-0.4, -0.2) is 11.1 Å². The second-order valence-corrected chi connectivity index (χ2v) is 2.60. The van der Waals surface area contributed by atoms with Gasteiger partial charge in [0.05, 0.1) is 0 Å².